The first-order valence-electron chi connectivity index (χ1n) is 7.83. The molecule has 0 bridgehead atoms. The Labute approximate surface area is 138 Å². The SMILES string of the molecule is Cc1ccccc1C1CC(=O)Nc2c1cnn2-c1ccc(F)cc1. The van der Waals surface area contributed by atoms with Gasteiger partial charge in [-0.15, -0.1) is 0 Å². The van der Waals surface area contributed by atoms with E-state index in [1.807, 2.05) is 25.1 Å². The Morgan fingerprint density at radius 3 is 2.62 bits per heavy atom. The van der Waals surface area contributed by atoms with Crippen LogP contribution in [-0.2, 0) is 4.79 Å². The third kappa shape index (κ3) is 2.38. The zero-order valence-corrected chi connectivity index (χ0v) is 13.2. The molecule has 0 spiro atoms. The van der Waals surface area contributed by atoms with Gasteiger partial charge in [0.1, 0.15) is 11.6 Å². The lowest BCUT2D eigenvalue weighted by atomic mass is 9.85. The molecule has 120 valence electrons. The number of fused-ring (bicyclic) bond motifs is 1. The van der Waals surface area contributed by atoms with Gasteiger partial charge in [-0.25, -0.2) is 9.07 Å². The van der Waals surface area contributed by atoms with Gasteiger partial charge in [-0.05, 0) is 42.3 Å². The molecule has 0 fully saturated rings. The number of anilines is 1. The first kappa shape index (κ1) is 14.6. The molecular weight excluding hydrogens is 305 g/mol. The third-order valence-corrected chi connectivity index (χ3v) is 4.46. The lowest BCUT2D eigenvalue weighted by Crippen LogP contribution is -2.25. The molecule has 5 heteroatoms. The lowest BCUT2D eigenvalue weighted by molar-refractivity contribution is -0.116. The molecule has 0 saturated heterocycles. The van der Waals surface area contributed by atoms with E-state index in [0.717, 1.165) is 16.7 Å². The molecule has 24 heavy (non-hydrogen) atoms. The second-order valence-corrected chi connectivity index (χ2v) is 6.00. The van der Waals surface area contributed by atoms with Gasteiger partial charge in [0.05, 0.1) is 11.9 Å². The Morgan fingerprint density at radius 2 is 1.88 bits per heavy atom. The van der Waals surface area contributed by atoms with Gasteiger partial charge < -0.3 is 5.32 Å². The van der Waals surface area contributed by atoms with Crippen LogP contribution in [0.25, 0.3) is 5.69 Å². The van der Waals surface area contributed by atoms with Gasteiger partial charge in [0, 0.05) is 17.9 Å². The maximum atomic E-state index is 13.2. The van der Waals surface area contributed by atoms with E-state index in [2.05, 4.69) is 16.5 Å². The fourth-order valence-electron chi connectivity index (χ4n) is 3.25. The molecule has 0 aliphatic carbocycles. The molecule has 4 nitrogen and oxygen atoms in total. The Balaban J connectivity index is 1.83. The van der Waals surface area contributed by atoms with E-state index in [0.29, 0.717) is 17.9 Å². The number of nitrogens with one attached hydrogen (secondary N) is 1. The normalized spacial score (nSPS) is 16.6. The smallest absolute Gasteiger partial charge is 0.226 e. The highest BCUT2D eigenvalue weighted by molar-refractivity contribution is 5.94. The summed E-state index contributed by atoms with van der Waals surface area (Å²) in [6, 6.07) is 14.1. The van der Waals surface area contributed by atoms with Crippen LogP contribution >= 0.6 is 0 Å². The maximum absolute atomic E-state index is 13.2. The summed E-state index contributed by atoms with van der Waals surface area (Å²) in [5.41, 5.74) is 3.97. The maximum Gasteiger partial charge on any atom is 0.226 e. The molecule has 2 aromatic carbocycles. The van der Waals surface area contributed by atoms with Crippen molar-refractivity contribution in [3.8, 4) is 5.69 Å². The second kappa shape index (κ2) is 5.60. The summed E-state index contributed by atoms with van der Waals surface area (Å²) in [4.78, 5) is 12.2. The van der Waals surface area contributed by atoms with E-state index in [9.17, 15) is 9.18 Å². The van der Waals surface area contributed by atoms with Gasteiger partial charge in [0.25, 0.3) is 0 Å². The molecule has 1 aliphatic heterocycles. The van der Waals surface area contributed by atoms with Crippen LogP contribution in [0.15, 0.2) is 54.7 Å². The van der Waals surface area contributed by atoms with Crippen molar-refractivity contribution in [1.82, 2.24) is 9.78 Å². The van der Waals surface area contributed by atoms with Crippen molar-refractivity contribution < 1.29 is 9.18 Å². The van der Waals surface area contributed by atoms with Crippen molar-refractivity contribution in [1.29, 1.82) is 0 Å². The summed E-state index contributed by atoms with van der Waals surface area (Å²) in [6.45, 7) is 2.05. The average molecular weight is 321 g/mol. The summed E-state index contributed by atoms with van der Waals surface area (Å²) in [5.74, 6) is 0.288. The number of carbonyl (C=O) groups excluding carboxylic acids is 1. The summed E-state index contributed by atoms with van der Waals surface area (Å²) in [7, 11) is 0. The number of hydrogen-bond donors (Lipinski definition) is 1. The topological polar surface area (TPSA) is 46.9 Å². The van der Waals surface area contributed by atoms with Crippen LogP contribution in [0.5, 0.6) is 0 Å². The van der Waals surface area contributed by atoms with Crippen LogP contribution in [0, 0.1) is 12.7 Å². The van der Waals surface area contributed by atoms with Crippen molar-refractivity contribution in [2.24, 2.45) is 0 Å². The second-order valence-electron chi connectivity index (χ2n) is 6.00. The largest absolute Gasteiger partial charge is 0.310 e. The van der Waals surface area contributed by atoms with E-state index in [1.54, 1.807) is 23.0 Å². The van der Waals surface area contributed by atoms with Gasteiger partial charge in [0.15, 0.2) is 0 Å². The van der Waals surface area contributed by atoms with Gasteiger partial charge in [-0.3, -0.25) is 4.79 Å². The Morgan fingerprint density at radius 1 is 1.12 bits per heavy atom. The molecule has 1 aromatic heterocycles. The summed E-state index contributed by atoms with van der Waals surface area (Å²) in [5, 5.41) is 7.33. The predicted molar refractivity (Wildman–Crippen MR) is 89.8 cm³/mol. The van der Waals surface area contributed by atoms with Crippen LogP contribution in [0.1, 0.15) is 29.0 Å². The summed E-state index contributed by atoms with van der Waals surface area (Å²) in [6.07, 6.45) is 2.18. The minimum absolute atomic E-state index is 0.0239. The van der Waals surface area contributed by atoms with E-state index in [1.165, 1.54) is 12.1 Å². The Kier molecular flexibility index (Phi) is 3.41. The number of benzene rings is 2. The summed E-state index contributed by atoms with van der Waals surface area (Å²) < 4.78 is 14.8. The minimum Gasteiger partial charge on any atom is -0.310 e. The standard InChI is InChI=1S/C19H16FN3O/c1-12-4-2-3-5-15(12)16-10-18(24)22-19-17(16)11-21-23(19)14-8-6-13(20)7-9-14/h2-9,11,16H,10H2,1H3,(H,22,24). The van der Waals surface area contributed by atoms with E-state index in [-0.39, 0.29) is 17.6 Å². The van der Waals surface area contributed by atoms with Crippen LogP contribution in [0.4, 0.5) is 10.2 Å². The number of hydrogen-bond acceptors (Lipinski definition) is 2. The highest BCUT2D eigenvalue weighted by atomic mass is 19.1. The number of aromatic nitrogens is 2. The number of nitrogens with zero attached hydrogens (tertiary/aromatic N) is 2. The minimum atomic E-state index is -0.304. The van der Waals surface area contributed by atoms with Crippen molar-refractivity contribution >= 4 is 11.7 Å². The average Bonchev–Trinajstić information content (AvgIpc) is 2.99. The monoisotopic (exact) mass is 321 g/mol. The molecule has 3 aromatic rings. The van der Waals surface area contributed by atoms with Crippen molar-refractivity contribution in [2.75, 3.05) is 5.32 Å². The molecule has 0 radical (unpaired) electrons. The number of halogens is 1. The first-order valence-corrected chi connectivity index (χ1v) is 7.83. The number of amides is 1. The van der Waals surface area contributed by atoms with Crippen LogP contribution in [0.3, 0.4) is 0 Å². The van der Waals surface area contributed by atoms with Gasteiger partial charge >= 0.3 is 0 Å². The van der Waals surface area contributed by atoms with Crippen molar-refractivity contribution in [2.45, 2.75) is 19.3 Å². The van der Waals surface area contributed by atoms with Crippen molar-refractivity contribution in [3.63, 3.8) is 0 Å². The molecule has 1 unspecified atom stereocenters. The Hall–Kier alpha value is -2.95. The molecule has 0 saturated carbocycles. The zero-order valence-electron chi connectivity index (χ0n) is 13.2. The molecule has 1 aliphatic rings. The van der Waals surface area contributed by atoms with E-state index >= 15 is 0 Å². The van der Waals surface area contributed by atoms with Crippen LogP contribution < -0.4 is 5.32 Å². The molecular formula is C19H16FN3O. The zero-order chi connectivity index (χ0) is 16.7. The van der Waals surface area contributed by atoms with Gasteiger partial charge in [-0.2, -0.15) is 5.10 Å². The quantitative estimate of drug-likeness (QED) is 0.780. The molecule has 1 amide bonds. The highest BCUT2D eigenvalue weighted by Crippen LogP contribution is 2.39. The first-order chi connectivity index (χ1) is 11.6. The molecule has 1 N–H and O–H groups in total. The van der Waals surface area contributed by atoms with E-state index in [4.69, 9.17) is 0 Å². The van der Waals surface area contributed by atoms with Gasteiger partial charge in [0.2, 0.25) is 5.91 Å². The molecule has 1 atom stereocenters. The highest BCUT2D eigenvalue weighted by Gasteiger charge is 2.30. The fraction of sp³-hybridized carbons (Fsp3) is 0.158. The number of carbonyl (C=O) groups is 1. The lowest BCUT2D eigenvalue weighted by Gasteiger charge is -2.25. The van der Waals surface area contributed by atoms with E-state index < -0.39 is 0 Å². The van der Waals surface area contributed by atoms with Crippen LogP contribution in [0.2, 0.25) is 0 Å². The Bertz CT molecular complexity index is 915. The van der Waals surface area contributed by atoms with Crippen molar-refractivity contribution in [3.05, 3.63) is 77.2 Å². The van der Waals surface area contributed by atoms with Gasteiger partial charge in [-0.1, -0.05) is 24.3 Å². The summed E-state index contributed by atoms with van der Waals surface area (Å²) >= 11 is 0. The number of aryl methyl sites for hydroxylation is 1. The third-order valence-electron chi connectivity index (χ3n) is 4.46. The predicted octanol–water partition coefficient (Wildman–Crippen LogP) is 3.79. The molecule has 4 rings (SSSR count). The molecule has 2 heterocycles. The fourth-order valence-corrected chi connectivity index (χ4v) is 3.25. The van der Waals surface area contributed by atoms with Crippen LogP contribution in [-0.4, -0.2) is 15.7 Å². The number of rotatable bonds is 2.